The normalized spacial score (nSPS) is 15.5. The van der Waals surface area contributed by atoms with Crippen molar-refractivity contribution in [1.29, 1.82) is 0 Å². The van der Waals surface area contributed by atoms with Crippen LogP contribution in [0.3, 0.4) is 0 Å². The highest BCUT2D eigenvalue weighted by molar-refractivity contribution is 5.89. The summed E-state index contributed by atoms with van der Waals surface area (Å²) in [4.78, 5) is 28.9. The number of nitrogens with zero attached hydrogens (tertiary/aromatic N) is 5. The number of ether oxygens (including phenoxy) is 1. The smallest absolute Gasteiger partial charge is 0.325 e. The van der Waals surface area contributed by atoms with E-state index in [-0.39, 0.29) is 24.6 Å². The lowest BCUT2D eigenvalue weighted by molar-refractivity contribution is -0.148. The fourth-order valence-electron chi connectivity index (χ4n) is 4.30. The number of H-pyrrole nitrogens is 1. The van der Waals surface area contributed by atoms with Gasteiger partial charge in [0.05, 0.1) is 6.61 Å². The van der Waals surface area contributed by atoms with Crippen LogP contribution in [-0.2, 0) is 20.9 Å². The first-order valence-corrected chi connectivity index (χ1v) is 11.9. The molecule has 9 heteroatoms. The van der Waals surface area contributed by atoms with Crippen molar-refractivity contribution in [2.75, 3.05) is 13.2 Å². The Morgan fingerprint density at radius 3 is 2.66 bits per heavy atom. The van der Waals surface area contributed by atoms with Crippen molar-refractivity contribution in [3.63, 3.8) is 0 Å². The second-order valence-corrected chi connectivity index (χ2v) is 8.36. The summed E-state index contributed by atoms with van der Waals surface area (Å²) in [5, 5.41) is 14.6. The lowest BCUT2D eigenvalue weighted by Gasteiger charge is -2.41. The summed E-state index contributed by atoms with van der Waals surface area (Å²) in [6.45, 7) is 4.71. The summed E-state index contributed by atoms with van der Waals surface area (Å²) in [6, 6.07) is 16.1. The highest BCUT2D eigenvalue weighted by Gasteiger charge is 2.31. The van der Waals surface area contributed by atoms with Gasteiger partial charge in [0.2, 0.25) is 11.7 Å². The van der Waals surface area contributed by atoms with Crippen LogP contribution in [0.2, 0.25) is 0 Å². The number of hydrogen-bond acceptors (Lipinski definition) is 7. The van der Waals surface area contributed by atoms with E-state index in [1.165, 1.54) is 6.08 Å². The zero-order valence-electron chi connectivity index (χ0n) is 20.1. The SMILES string of the molecule is CCCCC1N(CC(=O)OCC)C=CC(=O)N1Cc1ccc(-c2ccccc2)c(-c2nn[nH]n2)c1. The minimum absolute atomic E-state index is 0.0838. The topological polar surface area (TPSA) is 104 Å². The summed E-state index contributed by atoms with van der Waals surface area (Å²) in [5.74, 6) is 0.0982. The number of hydrogen-bond donors (Lipinski definition) is 1. The molecule has 1 atom stereocenters. The van der Waals surface area contributed by atoms with Gasteiger partial charge in [-0.1, -0.05) is 55.8 Å². The lowest BCUT2D eigenvalue weighted by Crippen LogP contribution is -2.52. The Hall–Kier alpha value is -4.01. The Bertz CT molecular complexity index is 1160. The molecule has 1 amide bonds. The van der Waals surface area contributed by atoms with E-state index in [4.69, 9.17) is 4.74 Å². The van der Waals surface area contributed by atoms with Crippen LogP contribution in [0.1, 0.15) is 38.7 Å². The number of aromatic amines is 1. The van der Waals surface area contributed by atoms with Gasteiger partial charge in [0.15, 0.2) is 0 Å². The molecule has 0 spiro atoms. The van der Waals surface area contributed by atoms with Crippen LogP contribution >= 0.6 is 0 Å². The fourth-order valence-corrected chi connectivity index (χ4v) is 4.30. The van der Waals surface area contributed by atoms with Crippen molar-refractivity contribution in [3.8, 4) is 22.5 Å². The number of carbonyl (C=O) groups excluding carboxylic acids is 2. The lowest BCUT2D eigenvalue weighted by atomic mass is 9.96. The monoisotopic (exact) mass is 474 g/mol. The van der Waals surface area contributed by atoms with E-state index in [1.807, 2.05) is 58.3 Å². The number of tetrazole rings is 1. The van der Waals surface area contributed by atoms with Gasteiger partial charge in [-0.05, 0) is 47.7 Å². The van der Waals surface area contributed by atoms with Crippen molar-refractivity contribution in [2.45, 2.75) is 45.8 Å². The van der Waals surface area contributed by atoms with Gasteiger partial charge in [-0.15, -0.1) is 10.2 Å². The third-order valence-corrected chi connectivity index (χ3v) is 5.98. The molecule has 1 aliphatic rings. The molecule has 1 aliphatic heterocycles. The molecule has 1 N–H and O–H groups in total. The predicted molar refractivity (Wildman–Crippen MR) is 131 cm³/mol. The van der Waals surface area contributed by atoms with E-state index in [2.05, 4.69) is 27.5 Å². The van der Waals surface area contributed by atoms with Crippen LogP contribution in [0, 0.1) is 0 Å². The maximum absolute atomic E-state index is 13.0. The molecule has 0 fully saturated rings. The van der Waals surface area contributed by atoms with Crippen molar-refractivity contribution in [2.24, 2.45) is 0 Å². The van der Waals surface area contributed by atoms with E-state index in [0.29, 0.717) is 19.0 Å². The Kier molecular flexibility index (Phi) is 7.87. The summed E-state index contributed by atoms with van der Waals surface area (Å²) in [7, 11) is 0. The highest BCUT2D eigenvalue weighted by Crippen LogP contribution is 2.32. The second-order valence-electron chi connectivity index (χ2n) is 8.36. The van der Waals surface area contributed by atoms with E-state index in [0.717, 1.165) is 41.5 Å². The molecule has 0 bridgehead atoms. The molecule has 3 aromatic rings. The second kappa shape index (κ2) is 11.4. The van der Waals surface area contributed by atoms with Gasteiger partial charge in [0.1, 0.15) is 12.7 Å². The largest absolute Gasteiger partial charge is 0.465 e. The van der Waals surface area contributed by atoms with Crippen LogP contribution in [-0.4, -0.2) is 61.6 Å². The van der Waals surface area contributed by atoms with Crippen LogP contribution in [0.4, 0.5) is 0 Å². The molecule has 4 rings (SSSR count). The number of carbonyl (C=O) groups is 2. The van der Waals surface area contributed by atoms with E-state index >= 15 is 0 Å². The van der Waals surface area contributed by atoms with Gasteiger partial charge in [0, 0.05) is 24.4 Å². The summed E-state index contributed by atoms with van der Waals surface area (Å²) >= 11 is 0. The van der Waals surface area contributed by atoms with Crippen molar-refractivity contribution in [3.05, 3.63) is 66.4 Å². The Balaban J connectivity index is 1.65. The predicted octanol–water partition coefficient (Wildman–Crippen LogP) is 3.77. The average molecular weight is 475 g/mol. The zero-order chi connectivity index (χ0) is 24.6. The third kappa shape index (κ3) is 5.74. The number of amides is 1. The average Bonchev–Trinajstić information content (AvgIpc) is 3.41. The molecule has 0 radical (unpaired) electrons. The molecule has 182 valence electrons. The van der Waals surface area contributed by atoms with Gasteiger partial charge in [0.25, 0.3) is 0 Å². The van der Waals surface area contributed by atoms with Crippen LogP contribution in [0.5, 0.6) is 0 Å². The minimum Gasteiger partial charge on any atom is -0.465 e. The van der Waals surface area contributed by atoms with E-state index < -0.39 is 0 Å². The third-order valence-electron chi connectivity index (χ3n) is 5.98. The van der Waals surface area contributed by atoms with Crippen LogP contribution in [0.15, 0.2) is 60.8 Å². The van der Waals surface area contributed by atoms with E-state index in [1.54, 1.807) is 13.1 Å². The zero-order valence-corrected chi connectivity index (χ0v) is 20.1. The first-order chi connectivity index (χ1) is 17.1. The quantitative estimate of drug-likeness (QED) is 0.446. The standard InChI is InChI=1S/C26H30N6O3/c1-3-5-11-23-31(18-25(34)35-4-2)15-14-24(33)32(23)17-19-12-13-21(20-9-7-6-8-10-20)22(16-19)26-27-29-30-28-26/h6-10,12-16,23H,3-5,11,17-18H2,1-2H3,(H,27,28,29,30). The maximum Gasteiger partial charge on any atom is 0.325 e. The summed E-state index contributed by atoms with van der Waals surface area (Å²) < 4.78 is 5.15. The molecular weight excluding hydrogens is 444 g/mol. The molecule has 1 aromatic heterocycles. The van der Waals surface area contributed by atoms with Gasteiger partial charge in [-0.2, -0.15) is 5.21 Å². The molecule has 0 saturated heterocycles. The van der Waals surface area contributed by atoms with Crippen molar-refractivity contribution < 1.29 is 14.3 Å². The number of unbranched alkanes of at least 4 members (excludes halogenated alkanes) is 1. The molecular formula is C26H30N6O3. The first-order valence-electron chi connectivity index (χ1n) is 11.9. The van der Waals surface area contributed by atoms with Gasteiger partial charge in [-0.3, -0.25) is 9.59 Å². The van der Waals surface area contributed by atoms with Crippen molar-refractivity contribution in [1.82, 2.24) is 30.4 Å². The molecule has 2 aromatic carbocycles. The number of rotatable bonds is 10. The summed E-state index contributed by atoms with van der Waals surface area (Å²) in [6.07, 6.45) is 5.66. The molecule has 2 heterocycles. The van der Waals surface area contributed by atoms with Crippen LogP contribution < -0.4 is 0 Å². The maximum atomic E-state index is 13.0. The first kappa shape index (κ1) is 24.1. The number of esters is 1. The Morgan fingerprint density at radius 2 is 1.94 bits per heavy atom. The van der Waals surface area contributed by atoms with Crippen LogP contribution in [0.25, 0.3) is 22.5 Å². The number of benzene rings is 2. The number of aromatic nitrogens is 4. The molecule has 0 aliphatic carbocycles. The minimum atomic E-state index is -0.306. The Labute approximate surface area is 204 Å². The van der Waals surface area contributed by atoms with Crippen molar-refractivity contribution >= 4 is 11.9 Å². The molecule has 1 unspecified atom stereocenters. The summed E-state index contributed by atoms with van der Waals surface area (Å²) in [5.41, 5.74) is 3.78. The van der Waals surface area contributed by atoms with Gasteiger partial charge >= 0.3 is 5.97 Å². The molecule has 0 saturated carbocycles. The molecule has 35 heavy (non-hydrogen) atoms. The highest BCUT2D eigenvalue weighted by atomic mass is 16.5. The number of nitrogens with one attached hydrogen (secondary N) is 1. The van der Waals surface area contributed by atoms with E-state index in [9.17, 15) is 9.59 Å². The Morgan fingerprint density at radius 1 is 1.11 bits per heavy atom. The van der Waals surface area contributed by atoms with Gasteiger partial charge in [-0.25, -0.2) is 0 Å². The van der Waals surface area contributed by atoms with Gasteiger partial charge < -0.3 is 14.5 Å². The molecule has 9 nitrogen and oxygen atoms in total. The fraction of sp³-hybridized carbons (Fsp3) is 0.346.